The maximum atomic E-state index is 13.6. The van der Waals surface area contributed by atoms with Gasteiger partial charge >= 0.3 is 12.1 Å². The van der Waals surface area contributed by atoms with E-state index in [0.29, 0.717) is 16.6 Å². The van der Waals surface area contributed by atoms with E-state index in [1.165, 1.54) is 10.6 Å². The molecule has 11 heteroatoms. The molecule has 0 fully saturated rings. The molecule has 1 aromatic carbocycles. The zero-order valence-electron chi connectivity index (χ0n) is 23.5. The van der Waals surface area contributed by atoms with Crippen LogP contribution < -0.4 is 21.0 Å². The molecule has 4 rings (SSSR count). The number of rotatable bonds is 6. The Kier molecular flexibility index (Phi) is 7.81. The minimum Gasteiger partial charge on any atom is -0.364 e. The van der Waals surface area contributed by atoms with Crippen LogP contribution in [0.5, 0.6) is 0 Å². The number of carbonyl (C=O) groups excluding carboxylic acids is 1. The highest BCUT2D eigenvalue weighted by Crippen LogP contribution is 2.32. The molecule has 0 aliphatic rings. The largest absolute Gasteiger partial charge is 0.471 e. The summed E-state index contributed by atoms with van der Waals surface area (Å²) in [6, 6.07) is 8.64. The van der Waals surface area contributed by atoms with Crippen LogP contribution >= 0.6 is 11.3 Å². The number of amides is 1. The van der Waals surface area contributed by atoms with Crippen molar-refractivity contribution in [3.8, 4) is 11.3 Å². The van der Waals surface area contributed by atoms with Gasteiger partial charge in [-0.3, -0.25) is 9.59 Å². The van der Waals surface area contributed by atoms with Crippen LogP contribution in [-0.4, -0.2) is 39.8 Å². The molecule has 0 unspecified atom stereocenters. The van der Waals surface area contributed by atoms with Gasteiger partial charge in [0.15, 0.2) is 5.65 Å². The van der Waals surface area contributed by atoms with Gasteiger partial charge in [-0.2, -0.15) is 22.8 Å². The summed E-state index contributed by atoms with van der Waals surface area (Å²) >= 11 is 1.61. The number of nitrogens with zero attached hydrogens (tertiary/aromatic N) is 4. The molecule has 1 N–H and O–H groups in total. The molecule has 0 radical (unpaired) electrons. The summed E-state index contributed by atoms with van der Waals surface area (Å²) in [6.45, 7) is 15.2. The summed E-state index contributed by atoms with van der Waals surface area (Å²) in [5, 5.41) is 8.37. The fourth-order valence-corrected chi connectivity index (χ4v) is 5.57. The zero-order chi connectivity index (χ0) is 29.6. The number of hydrogen-bond acceptors (Lipinski definition) is 6. The SMILES string of the molecule is CCN(CC)c1ccc(/C=c2/c(C(C)(C)C)nn3c(=O)c(C)c(-c4cc(C)ccc4NC(=O)C(F)(F)F)nc23)s1. The summed E-state index contributed by atoms with van der Waals surface area (Å²) in [5.74, 6) is -2.10. The maximum Gasteiger partial charge on any atom is 0.471 e. The molecular formula is C29H32F3N5O2S. The number of thiophene rings is 1. The van der Waals surface area contributed by atoms with Crippen molar-refractivity contribution in [1.29, 1.82) is 0 Å². The Morgan fingerprint density at radius 2 is 1.77 bits per heavy atom. The Hall–Kier alpha value is -3.73. The van der Waals surface area contributed by atoms with Crippen molar-refractivity contribution >= 4 is 39.7 Å². The summed E-state index contributed by atoms with van der Waals surface area (Å²) in [6.07, 6.45) is -3.12. The fraction of sp³-hybridized carbons (Fsp3) is 0.379. The van der Waals surface area contributed by atoms with Gasteiger partial charge < -0.3 is 10.2 Å². The average molecular weight is 572 g/mol. The summed E-state index contributed by atoms with van der Waals surface area (Å²) in [5.41, 5.74) is 1.34. The number of aryl methyl sites for hydroxylation is 1. The predicted octanol–water partition coefficient (Wildman–Crippen LogP) is 5.63. The third-order valence-corrected chi connectivity index (χ3v) is 7.70. The highest BCUT2D eigenvalue weighted by atomic mass is 32.1. The molecule has 3 heterocycles. The van der Waals surface area contributed by atoms with E-state index in [2.05, 4.69) is 29.9 Å². The Balaban J connectivity index is 2.01. The minimum atomic E-state index is -5.07. The van der Waals surface area contributed by atoms with E-state index < -0.39 is 23.1 Å². The van der Waals surface area contributed by atoms with E-state index in [4.69, 9.17) is 4.98 Å². The summed E-state index contributed by atoms with van der Waals surface area (Å²) in [4.78, 5) is 33.4. The number of anilines is 2. The zero-order valence-corrected chi connectivity index (χ0v) is 24.3. The quantitative estimate of drug-likeness (QED) is 0.325. The van der Waals surface area contributed by atoms with Crippen LogP contribution in [-0.2, 0) is 10.2 Å². The van der Waals surface area contributed by atoms with Crippen molar-refractivity contribution in [3.05, 3.63) is 67.6 Å². The van der Waals surface area contributed by atoms with Gasteiger partial charge in [0.25, 0.3) is 5.56 Å². The second-order valence-corrected chi connectivity index (χ2v) is 11.7. The van der Waals surface area contributed by atoms with E-state index in [9.17, 15) is 22.8 Å². The smallest absolute Gasteiger partial charge is 0.364 e. The number of hydrogen-bond donors (Lipinski definition) is 1. The van der Waals surface area contributed by atoms with Gasteiger partial charge in [0.2, 0.25) is 0 Å². The lowest BCUT2D eigenvalue weighted by atomic mass is 9.91. The van der Waals surface area contributed by atoms with Crippen LogP contribution in [0.4, 0.5) is 23.9 Å². The van der Waals surface area contributed by atoms with Gasteiger partial charge in [-0.1, -0.05) is 32.4 Å². The number of carbonyl (C=O) groups is 1. The monoisotopic (exact) mass is 571 g/mol. The molecule has 0 spiro atoms. The Labute approximate surface area is 234 Å². The van der Waals surface area contributed by atoms with E-state index >= 15 is 0 Å². The highest BCUT2D eigenvalue weighted by molar-refractivity contribution is 7.16. The second-order valence-electron chi connectivity index (χ2n) is 10.6. The first-order valence-electron chi connectivity index (χ1n) is 12.9. The highest BCUT2D eigenvalue weighted by Gasteiger charge is 2.39. The van der Waals surface area contributed by atoms with E-state index in [1.807, 2.05) is 38.2 Å². The number of alkyl halides is 3. The van der Waals surface area contributed by atoms with Crippen molar-refractivity contribution in [2.45, 2.75) is 60.1 Å². The number of halogens is 3. The Morgan fingerprint density at radius 1 is 1.10 bits per heavy atom. The average Bonchev–Trinajstić information content (AvgIpc) is 3.48. The first kappa shape index (κ1) is 29.3. The molecule has 7 nitrogen and oxygen atoms in total. The van der Waals surface area contributed by atoms with Crippen molar-refractivity contribution in [3.63, 3.8) is 0 Å². The first-order valence-corrected chi connectivity index (χ1v) is 13.8. The topological polar surface area (TPSA) is 79.6 Å². The molecule has 0 aliphatic carbocycles. The van der Waals surface area contributed by atoms with E-state index in [0.717, 1.165) is 28.5 Å². The number of nitrogens with one attached hydrogen (secondary N) is 1. The lowest BCUT2D eigenvalue weighted by molar-refractivity contribution is -0.167. The van der Waals surface area contributed by atoms with Crippen molar-refractivity contribution in [2.24, 2.45) is 0 Å². The molecule has 0 atom stereocenters. The molecule has 0 saturated heterocycles. The summed E-state index contributed by atoms with van der Waals surface area (Å²) in [7, 11) is 0. The van der Waals surface area contributed by atoms with E-state index in [1.54, 1.807) is 37.3 Å². The van der Waals surface area contributed by atoms with Crippen LogP contribution in [0.1, 0.15) is 56.3 Å². The molecule has 0 aliphatic heterocycles. The molecule has 40 heavy (non-hydrogen) atoms. The summed E-state index contributed by atoms with van der Waals surface area (Å²) < 4.78 is 40.5. The fourth-order valence-electron chi connectivity index (χ4n) is 4.49. The Morgan fingerprint density at radius 3 is 2.38 bits per heavy atom. The minimum absolute atomic E-state index is 0.0875. The van der Waals surface area contributed by atoms with Crippen molar-refractivity contribution < 1.29 is 18.0 Å². The third-order valence-electron chi connectivity index (χ3n) is 6.60. The van der Waals surface area contributed by atoms with Gasteiger partial charge in [0.05, 0.1) is 22.1 Å². The maximum absolute atomic E-state index is 13.6. The molecule has 212 valence electrons. The molecule has 1 amide bonds. The third kappa shape index (κ3) is 5.60. The molecular weight excluding hydrogens is 539 g/mol. The first-order chi connectivity index (χ1) is 18.6. The van der Waals surface area contributed by atoms with Crippen molar-refractivity contribution in [1.82, 2.24) is 14.6 Å². The van der Waals surface area contributed by atoms with Crippen LogP contribution in [0.2, 0.25) is 0 Å². The normalized spacial score (nSPS) is 12.8. The Bertz CT molecular complexity index is 1700. The van der Waals surface area contributed by atoms with Gasteiger partial charge in [0.1, 0.15) is 0 Å². The standard InChI is InChI=1S/C29H32F3N5O2S/c1-8-36(9-2)22-13-11-18(40-22)15-20-24(28(5,6)7)35-37-25(20)34-23(17(4)26(37)38)19-14-16(3)10-12-21(19)33-27(39)29(30,31)32/h10-15H,8-9H2,1-7H3,(H,33,39)/b20-15-. The van der Waals surface area contributed by atoms with Crippen molar-refractivity contribution in [2.75, 3.05) is 23.3 Å². The molecule has 0 bridgehead atoms. The van der Waals surface area contributed by atoms with Crippen LogP contribution in [0.25, 0.3) is 23.0 Å². The van der Waals surface area contributed by atoms with Crippen LogP contribution in [0.15, 0.2) is 35.1 Å². The molecule has 3 aromatic heterocycles. The molecule has 0 saturated carbocycles. The molecule has 4 aromatic rings. The van der Waals surface area contributed by atoms with Gasteiger partial charge in [-0.25, -0.2) is 4.98 Å². The van der Waals surface area contributed by atoms with Gasteiger partial charge in [-0.05, 0) is 58.0 Å². The van der Waals surface area contributed by atoms with Crippen LogP contribution in [0.3, 0.4) is 0 Å². The van der Waals surface area contributed by atoms with Gasteiger partial charge in [-0.15, -0.1) is 11.3 Å². The van der Waals surface area contributed by atoms with E-state index in [-0.39, 0.29) is 22.5 Å². The van der Waals surface area contributed by atoms with Gasteiger partial charge in [0, 0.05) is 39.7 Å². The van der Waals surface area contributed by atoms with Crippen LogP contribution in [0, 0.1) is 13.8 Å². The lowest BCUT2D eigenvalue weighted by Gasteiger charge is -2.17. The second kappa shape index (κ2) is 10.7. The number of aromatic nitrogens is 3. The predicted molar refractivity (Wildman–Crippen MR) is 154 cm³/mol. The lowest BCUT2D eigenvalue weighted by Crippen LogP contribution is -2.30. The number of fused-ring (bicyclic) bond motifs is 1. The number of benzene rings is 1.